The van der Waals surface area contributed by atoms with Gasteiger partial charge in [0, 0.05) is 5.71 Å². The molecule has 1 aromatic carbocycles. The predicted molar refractivity (Wildman–Crippen MR) is 92.2 cm³/mol. The van der Waals surface area contributed by atoms with Gasteiger partial charge in [0.25, 0.3) is 11.8 Å². The number of amides is 2. The molecule has 1 fully saturated rings. The largest absolute Gasteiger partial charge is 0.482 e. The third kappa shape index (κ3) is 4.13. The minimum absolute atomic E-state index is 0.0428. The standard InChI is InChI=1S/C18H23N3O3/c22-17(20-19-14-8-4-2-1-3-5-9-14)12-21-15-10-6-7-11-16(15)24-13-18(21)23/h6-7,10-11H,1-5,8-9,12-13H2,(H,20,22). The van der Waals surface area contributed by atoms with Gasteiger partial charge in [0.2, 0.25) is 0 Å². The van der Waals surface area contributed by atoms with E-state index in [0.29, 0.717) is 11.4 Å². The molecule has 1 aliphatic carbocycles. The molecule has 1 aliphatic heterocycles. The number of hydrogen-bond donors (Lipinski definition) is 1. The van der Waals surface area contributed by atoms with E-state index in [0.717, 1.165) is 31.4 Å². The summed E-state index contributed by atoms with van der Waals surface area (Å²) in [6.07, 6.45) is 7.89. The number of hydrogen-bond acceptors (Lipinski definition) is 4. The maximum atomic E-state index is 12.2. The van der Waals surface area contributed by atoms with Gasteiger partial charge in [-0.2, -0.15) is 5.10 Å². The summed E-state index contributed by atoms with van der Waals surface area (Å²) in [5.74, 6) is 0.119. The molecule has 0 atom stereocenters. The average Bonchev–Trinajstić information content (AvgIpc) is 2.56. The Bertz CT molecular complexity index is 632. The summed E-state index contributed by atoms with van der Waals surface area (Å²) in [6, 6.07) is 7.23. The van der Waals surface area contributed by atoms with Crippen LogP contribution in [0.5, 0.6) is 5.75 Å². The topological polar surface area (TPSA) is 71.0 Å². The van der Waals surface area contributed by atoms with Crippen LogP contribution in [0.15, 0.2) is 29.4 Å². The molecule has 6 nitrogen and oxygen atoms in total. The first kappa shape index (κ1) is 16.5. The zero-order valence-corrected chi connectivity index (χ0v) is 13.8. The van der Waals surface area contributed by atoms with E-state index in [1.807, 2.05) is 12.1 Å². The molecule has 6 heteroatoms. The van der Waals surface area contributed by atoms with E-state index < -0.39 is 0 Å². The quantitative estimate of drug-likeness (QED) is 0.867. The van der Waals surface area contributed by atoms with Gasteiger partial charge < -0.3 is 4.74 Å². The molecule has 0 spiro atoms. The van der Waals surface area contributed by atoms with Crippen LogP contribution in [0.4, 0.5) is 5.69 Å². The number of benzene rings is 1. The number of nitrogens with one attached hydrogen (secondary N) is 1. The van der Waals surface area contributed by atoms with Crippen LogP contribution >= 0.6 is 0 Å². The Kier molecular flexibility index (Phi) is 5.46. The summed E-state index contributed by atoms with van der Waals surface area (Å²) in [6.45, 7) is -0.0885. The summed E-state index contributed by atoms with van der Waals surface area (Å²) in [5.41, 5.74) is 4.29. The Morgan fingerprint density at radius 3 is 2.62 bits per heavy atom. The van der Waals surface area contributed by atoms with Crippen molar-refractivity contribution in [2.45, 2.75) is 44.9 Å². The van der Waals surface area contributed by atoms with Gasteiger partial charge in [0.15, 0.2) is 6.61 Å². The monoisotopic (exact) mass is 329 g/mol. The number of fused-ring (bicyclic) bond motifs is 1. The van der Waals surface area contributed by atoms with Crippen LogP contribution in [0.25, 0.3) is 0 Å². The summed E-state index contributed by atoms with van der Waals surface area (Å²) in [4.78, 5) is 25.7. The van der Waals surface area contributed by atoms with Crippen LogP contribution in [0, 0.1) is 0 Å². The van der Waals surface area contributed by atoms with Crippen molar-refractivity contribution >= 4 is 23.2 Å². The Morgan fingerprint density at radius 1 is 1.12 bits per heavy atom. The second kappa shape index (κ2) is 7.95. The SMILES string of the molecule is O=C(CN1C(=O)COc2ccccc21)NN=C1CCCCCCC1. The highest BCUT2D eigenvalue weighted by atomic mass is 16.5. The highest BCUT2D eigenvalue weighted by Gasteiger charge is 2.26. The molecule has 1 heterocycles. The molecule has 0 radical (unpaired) electrons. The lowest BCUT2D eigenvalue weighted by Crippen LogP contribution is -2.44. The second-order valence-corrected chi connectivity index (χ2v) is 6.22. The van der Waals surface area contributed by atoms with Crippen LogP contribution in [0.2, 0.25) is 0 Å². The molecule has 0 unspecified atom stereocenters. The van der Waals surface area contributed by atoms with Crippen molar-refractivity contribution in [2.75, 3.05) is 18.1 Å². The number of nitrogens with zero attached hydrogens (tertiary/aromatic N) is 2. The molecule has 0 aromatic heterocycles. The second-order valence-electron chi connectivity index (χ2n) is 6.22. The molecule has 2 amide bonds. The van der Waals surface area contributed by atoms with Crippen LogP contribution in [-0.2, 0) is 9.59 Å². The predicted octanol–water partition coefficient (Wildman–Crippen LogP) is 2.63. The minimum Gasteiger partial charge on any atom is -0.482 e. The van der Waals surface area contributed by atoms with Crippen molar-refractivity contribution in [3.63, 3.8) is 0 Å². The zero-order chi connectivity index (χ0) is 16.8. The van der Waals surface area contributed by atoms with Crippen molar-refractivity contribution in [1.82, 2.24) is 5.43 Å². The lowest BCUT2D eigenvalue weighted by molar-refractivity contribution is -0.125. The first-order chi connectivity index (χ1) is 11.7. The van der Waals surface area contributed by atoms with Crippen molar-refractivity contribution in [2.24, 2.45) is 5.10 Å². The van der Waals surface area contributed by atoms with Crippen molar-refractivity contribution in [1.29, 1.82) is 0 Å². The van der Waals surface area contributed by atoms with Crippen molar-refractivity contribution < 1.29 is 14.3 Å². The van der Waals surface area contributed by atoms with E-state index in [1.165, 1.54) is 24.2 Å². The van der Waals surface area contributed by atoms with E-state index in [4.69, 9.17) is 4.74 Å². The Hall–Kier alpha value is -2.37. The molecule has 1 aromatic rings. The number of carbonyl (C=O) groups is 2. The maximum absolute atomic E-state index is 12.2. The minimum atomic E-state index is -0.283. The number of anilines is 1. The molecule has 1 saturated carbocycles. The van der Waals surface area contributed by atoms with Crippen LogP contribution in [0.1, 0.15) is 44.9 Å². The van der Waals surface area contributed by atoms with Crippen LogP contribution in [-0.4, -0.2) is 30.7 Å². The summed E-state index contributed by atoms with van der Waals surface area (Å²) in [7, 11) is 0. The smallest absolute Gasteiger partial charge is 0.265 e. The van der Waals surface area contributed by atoms with Gasteiger partial charge >= 0.3 is 0 Å². The average molecular weight is 329 g/mol. The first-order valence-corrected chi connectivity index (χ1v) is 8.60. The van der Waals surface area contributed by atoms with Gasteiger partial charge in [-0.15, -0.1) is 0 Å². The Balaban J connectivity index is 1.61. The normalized spacial score (nSPS) is 18.1. The summed E-state index contributed by atoms with van der Waals surface area (Å²) in [5, 5.41) is 4.28. The van der Waals surface area contributed by atoms with E-state index in [9.17, 15) is 9.59 Å². The van der Waals surface area contributed by atoms with Gasteiger partial charge in [0.05, 0.1) is 5.69 Å². The Labute approximate surface area is 141 Å². The van der Waals surface area contributed by atoms with Gasteiger partial charge in [-0.3, -0.25) is 14.5 Å². The number of carbonyl (C=O) groups excluding carboxylic acids is 2. The highest BCUT2D eigenvalue weighted by molar-refractivity contribution is 6.02. The van der Waals surface area contributed by atoms with Gasteiger partial charge in [-0.25, -0.2) is 5.43 Å². The highest BCUT2D eigenvalue weighted by Crippen LogP contribution is 2.31. The van der Waals surface area contributed by atoms with Gasteiger partial charge in [-0.1, -0.05) is 31.4 Å². The Morgan fingerprint density at radius 2 is 1.83 bits per heavy atom. The van der Waals surface area contributed by atoms with Crippen molar-refractivity contribution in [3.05, 3.63) is 24.3 Å². The molecular weight excluding hydrogens is 306 g/mol. The lowest BCUT2D eigenvalue weighted by Gasteiger charge is -2.28. The summed E-state index contributed by atoms with van der Waals surface area (Å²) >= 11 is 0. The van der Waals surface area contributed by atoms with Crippen LogP contribution < -0.4 is 15.1 Å². The number of hydrazone groups is 1. The molecule has 0 saturated heterocycles. The number of para-hydroxylation sites is 2. The number of rotatable bonds is 3. The summed E-state index contributed by atoms with van der Waals surface area (Å²) < 4.78 is 5.38. The third-order valence-corrected chi connectivity index (χ3v) is 4.38. The molecule has 0 bridgehead atoms. The fourth-order valence-corrected chi connectivity index (χ4v) is 3.07. The van der Waals surface area contributed by atoms with E-state index >= 15 is 0 Å². The van der Waals surface area contributed by atoms with Crippen molar-refractivity contribution in [3.8, 4) is 5.75 Å². The third-order valence-electron chi connectivity index (χ3n) is 4.38. The lowest BCUT2D eigenvalue weighted by atomic mass is 9.99. The number of ether oxygens (including phenoxy) is 1. The molecule has 3 rings (SSSR count). The fourth-order valence-electron chi connectivity index (χ4n) is 3.07. The molecule has 2 aliphatic rings. The molecule has 24 heavy (non-hydrogen) atoms. The fraction of sp³-hybridized carbons (Fsp3) is 0.500. The maximum Gasteiger partial charge on any atom is 0.265 e. The zero-order valence-electron chi connectivity index (χ0n) is 13.8. The molecular formula is C18H23N3O3. The molecule has 128 valence electrons. The van der Waals surface area contributed by atoms with E-state index in [-0.39, 0.29) is 25.0 Å². The first-order valence-electron chi connectivity index (χ1n) is 8.60. The molecule has 1 N–H and O–H groups in total. The van der Waals surface area contributed by atoms with Gasteiger partial charge in [0.1, 0.15) is 12.3 Å². The van der Waals surface area contributed by atoms with Gasteiger partial charge in [-0.05, 0) is 37.8 Å². The van der Waals surface area contributed by atoms with Crippen LogP contribution in [0.3, 0.4) is 0 Å². The van der Waals surface area contributed by atoms with E-state index in [1.54, 1.807) is 12.1 Å². The van der Waals surface area contributed by atoms with E-state index in [2.05, 4.69) is 10.5 Å².